The quantitative estimate of drug-likeness (QED) is 0.594. The van der Waals surface area contributed by atoms with Crippen LogP contribution >= 0.6 is 23.1 Å². The Morgan fingerprint density at radius 1 is 1.47 bits per heavy atom. The summed E-state index contributed by atoms with van der Waals surface area (Å²) in [6.07, 6.45) is 2.21. The number of nitrogens with zero attached hydrogens (tertiary/aromatic N) is 2. The average Bonchev–Trinajstić information content (AvgIpc) is 3.06. The number of hydrazine groups is 1. The number of nitrogens with one attached hydrogen (secondary N) is 2. The number of aryl methyl sites for hydroxylation is 1. The Morgan fingerprint density at radius 3 is 3.05 bits per heavy atom. The zero-order valence-corrected chi connectivity index (χ0v) is 12.4. The number of anilines is 2. The van der Waals surface area contributed by atoms with E-state index < -0.39 is 0 Å². The van der Waals surface area contributed by atoms with Crippen LogP contribution in [0.1, 0.15) is 18.2 Å². The van der Waals surface area contributed by atoms with Crippen LogP contribution in [0.5, 0.6) is 0 Å². The van der Waals surface area contributed by atoms with Crippen molar-refractivity contribution in [3.05, 3.63) is 10.9 Å². The van der Waals surface area contributed by atoms with Crippen molar-refractivity contribution in [1.82, 2.24) is 9.97 Å². The van der Waals surface area contributed by atoms with Crippen LogP contribution in [-0.4, -0.2) is 27.5 Å². The Morgan fingerprint density at radius 2 is 2.37 bits per heavy atom. The lowest BCUT2D eigenvalue weighted by molar-refractivity contribution is 0.808. The van der Waals surface area contributed by atoms with Crippen LogP contribution in [0.25, 0.3) is 10.2 Å². The maximum Gasteiger partial charge on any atom is 0.240 e. The largest absolute Gasteiger partial charge is 0.366 e. The molecule has 3 heterocycles. The van der Waals surface area contributed by atoms with E-state index in [1.807, 2.05) is 11.8 Å². The second kappa shape index (κ2) is 5.52. The Labute approximate surface area is 120 Å². The van der Waals surface area contributed by atoms with Crippen LogP contribution in [0.3, 0.4) is 0 Å². The number of hydrogen-bond donors (Lipinski definition) is 3. The van der Waals surface area contributed by atoms with Crippen molar-refractivity contribution in [3.8, 4) is 0 Å². The lowest BCUT2D eigenvalue weighted by atomic mass is 10.2. The zero-order chi connectivity index (χ0) is 13.2. The minimum atomic E-state index is 0.477. The molecule has 1 aliphatic heterocycles. The van der Waals surface area contributed by atoms with E-state index in [-0.39, 0.29) is 0 Å². The molecule has 0 saturated carbocycles. The highest BCUT2D eigenvalue weighted by Crippen LogP contribution is 2.31. The van der Waals surface area contributed by atoms with Crippen LogP contribution in [0.2, 0.25) is 0 Å². The monoisotopic (exact) mass is 295 g/mol. The molecule has 0 spiro atoms. The molecular weight excluding hydrogens is 278 g/mol. The molecule has 4 N–H and O–H groups in total. The third kappa shape index (κ3) is 2.63. The third-order valence-electron chi connectivity index (χ3n) is 3.19. The van der Waals surface area contributed by atoms with Gasteiger partial charge >= 0.3 is 0 Å². The molecular formula is C12H17N5S2. The highest BCUT2D eigenvalue weighted by molar-refractivity contribution is 7.99. The van der Waals surface area contributed by atoms with E-state index in [0.29, 0.717) is 12.0 Å². The van der Waals surface area contributed by atoms with E-state index in [1.165, 1.54) is 17.1 Å². The topological polar surface area (TPSA) is 75.9 Å². The summed E-state index contributed by atoms with van der Waals surface area (Å²) in [6, 6.07) is 2.68. The number of fused-ring (bicyclic) bond motifs is 1. The highest BCUT2D eigenvalue weighted by atomic mass is 32.2. The van der Waals surface area contributed by atoms with Gasteiger partial charge in [-0.25, -0.2) is 10.8 Å². The van der Waals surface area contributed by atoms with Gasteiger partial charge in [0.05, 0.1) is 5.39 Å². The van der Waals surface area contributed by atoms with Crippen molar-refractivity contribution in [2.75, 3.05) is 22.2 Å². The fourth-order valence-electron chi connectivity index (χ4n) is 2.16. The Bertz CT molecular complexity index is 577. The fraction of sp³-hybridized carbons (Fsp3) is 0.500. The lowest BCUT2D eigenvalue weighted by Crippen LogP contribution is -2.20. The molecule has 0 radical (unpaired) electrons. The number of thiophene rings is 1. The molecule has 7 heteroatoms. The molecule has 2 aromatic heterocycles. The van der Waals surface area contributed by atoms with Gasteiger partial charge in [-0.2, -0.15) is 16.7 Å². The minimum absolute atomic E-state index is 0.477. The number of hydrogen-bond acceptors (Lipinski definition) is 7. The number of nitrogens with two attached hydrogens (primary N) is 1. The maximum atomic E-state index is 5.45. The summed E-state index contributed by atoms with van der Waals surface area (Å²) in [6.45, 7) is 2.15. The van der Waals surface area contributed by atoms with Crippen molar-refractivity contribution in [1.29, 1.82) is 0 Å². The predicted molar refractivity (Wildman–Crippen MR) is 84.0 cm³/mol. The molecule has 1 unspecified atom stereocenters. The van der Waals surface area contributed by atoms with Gasteiger partial charge in [0.1, 0.15) is 10.6 Å². The summed E-state index contributed by atoms with van der Waals surface area (Å²) in [4.78, 5) is 11.2. The number of rotatable bonds is 4. The van der Waals surface area contributed by atoms with E-state index in [2.05, 4.69) is 33.7 Å². The summed E-state index contributed by atoms with van der Waals surface area (Å²) in [7, 11) is 0. The summed E-state index contributed by atoms with van der Waals surface area (Å²) in [5.74, 6) is 9.20. The first kappa shape index (κ1) is 13.0. The Kier molecular flexibility index (Phi) is 3.76. The molecule has 3 rings (SSSR count). The van der Waals surface area contributed by atoms with Crippen LogP contribution in [0.15, 0.2) is 6.07 Å². The van der Waals surface area contributed by atoms with Gasteiger partial charge in [0.2, 0.25) is 5.95 Å². The zero-order valence-electron chi connectivity index (χ0n) is 10.8. The van der Waals surface area contributed by atoms with Crippen molar-refractivity contribution >= 4 is 45.1 Å². The molecule has 19 heavy (non-hydrogen) atoms. The van der Waals surface area contributed by atoms with E-state index in [4.69, 9.17) is 5.84 Å². The van der Waals surface area contributed by atoms with Crippen LogP contribution < -0.4 is 16.6 Å². The van der Waals surface area contributed by atoms with Crippen LogP contribution in [0.4, 0.5) is 11.8 Å². The molecule has 5 nitrogen and oxygen atoms in total. The Hall–Kier alpha value is -1.05. The predicted octanol–water partition coefficient (Wildman–Crippen LogP) is 2.46. The van der Waals surface area contributed by atoms with Crippen molar-refractivity contribution in [2.24, 2.45) is 5.84 Å². The maximum absolute atomic E-state index is 5.45. The summed E-state index contributed by atoms with van der Waals surface area (Å²) in [5, 5.41) is 4.64. The molecule has 0 aliphatic carbocycles. The second-order valence-corrected chi connectivity index (χ2v) is 6.80. The first-order chi connectivity index (χ1) is 9.30. The van der Waals surface area contributed by atoms with Crippen LogP contribution in [-0.2, 0) is 6.42 Å². The third-order valence-corrected chi connectivity index (χ3v) is 5.53. The first-order valence-corrected chi connectivity index (χ1v) is 8.38. The second-order valence-electron chi connectivity index (χ2n) is 4.53. The van der Waals surface area contributed by atoms with Gasteiger partial charge in [0.25, 0.3) is 0 Å². The Balaban J connectivity index is 2.01. The van der Waals surface area contributed by atoms with Gasteiger partial charge < -0.3 is 5.32 Å². The number of thioether (sulfide) groups is 1. The van der Waals surface area contributed by atoms with Gasteiger partial charge in [-0.15, -0.1) is 11.3 Å². The molecule has 0 aromatic carbocycles. The standard InChI is InChI=1S/C12H17N5S2/c1-2-8-5-9-10(14-7-3-4-18-6-7)15-12(17-13)16-11(9)19-8/h5,7H,2-4,6,13H2,1H3,(H2,14,15,16,17). The van der Waals surface area contributed by atoms with Crippen molar-refractivity contribution < 1.29 is 0 Å². The van der Waals surface area contributed by atoms with Gasteiger partial charge in [-0.05, 0) is 24.7 Å². The van der Waals surface area contributed by atoms with Crippen LogP contribution in [0, 0.1) is 0 Å². The summed E-state index contributed by atoms with van der Waals surface area (Å²) in [5.41, 5.74) is 2.55. The molecule has 102 valence electrons. The van der Waals surface area contributed by atoms with Gasteiger partial charge in [0.15, 0.2) is 0 Å². The average molecular weight is 295 g/mol. The van der Waals surface area contributed by atoms with E-state index in [1.54, 1.807) is 11.3 Å². The smallest absolute Gasteiger partial charge is 0.240 e. The summed E-state index contributed by atoms with van der Waals surface area (Å²) >= 11 is 3.69. The molecule has 2 aromatic rings. The van der Waals surface area contributed by atoms with Gasteiger partial charge in [0, 0.05) is 16.7 Å². The molecule has 1 fully saturated rings. The molecule has 1 atom stereocenters. The number of nitrogen functional groups attached to an aromatic ring is 1. The molecule has 0 amide bonds. The van der Waals surface area contributed by atoms with Crippen molar-refractivity contribution in [2.45, 2.75) is 25.8 Å². The van der Waals surface area contributed by atoms with Crippen molar-refractivity contribution in [3.63, 3.8) is 0 Å². The van der Waals surface area contributed by atoms with Gasteiger partial charge in [-0.3, -0.25) is 5.43 Å². The highest BCUT2D eigenvalue weighted by Gasteiger charge is 2.18. The molecule has 1 saturated heterocycles. The minimum Gasteiger partial charge on any atom is -0.366 e. The lowest BCUT2D eigenvalue weighted by Gasteiger charge is -2.13. The van der Waals surface area contributed by atoms with E-state index in [9.17, 15) is 0 Å². The normalized spacial score (nSPS) is 18.9. The SMILES string of the molecule is CCc1cc2c(NC3CCSC3)nc(NN)nc2s1. The first-order valence-electron chi connectivity index (χ1n) is 6.41. The molecule has 0 bridgehead atoms. The number of aromatic nitrogens is 2. The fourth-order valence-corrected chi connectivity index (χ4v) is 4.28. The van der Waals surface area contributed by atoms with E-state index in [0.717, 1.165) is 28.2 Å². The van der Waals surface area contributed by atoms with Gasteiger partial charge in [-0.1, -0.05) is 6.92 Å². The molecule has 1 aliphatic rings. The van der Waals surface area contributed by atoms with E-state index >= 15 is 0 Å². The summed E-state index contributed by atoms with van der Waals surface area (Å²) < 4.78 is 0.